The lowest BCUT2D eigenvalue weighted by Crippen LogP contribution is -2.50. The van der Waals surface area contributed by atoms with Crippen LogP contribution >= 0.6 is 0 Å². The Morgan fingerprint density at radius 1 is 0.640 bits per heavy atom. The van der Waals surface area contributed by atoms with Crippen LogP contribution in [-0.2, 0) is 11.8 Å². The van der Waals surface area contributed by atoms with Gasteiger partial charge in [0.25, 0.3) is 0 Å². The average Bonchev–Trinajstić information content (AvgIpc) is 2.61. The molecule has 0 fully saturated rings. The molecule has 0 radical (unpaired) electrons. The lowest BCUT2D eigenvalue weighted by Gasteiger charge is -2.33. The van der Waals surface area contributed by atoms with Crippen molar-refractivity contribution in [2.75, 3.05) is 14.2 Å². The van der Waals surface area contributed by atoms with E-state index in [2.05, 4.69) is 9.47 Å². The van der Waals surface area contributed by atoms with Crippen LogP contribution in [0.25, 0.3) is 0 Å². The molecule has 0 spiro atoms. The SMILES string of the molecule is COc1cccc(C(F)(F)C(F)(F)C(F)(F)c2cccc(OC)c2)c1. The zero-order valence-corrected chi connectivity index (χ0v) is 13.2. The number of hydrogen-bond donors (Lipinski definition) is 0. The Morgan fingerprint density at radius 3 is 1.32 bits per heavy atom. The molecule has 25 heavy (non-hydrogen) atoms. The van der Waals surface area contributed by atoms with Crippen LogP contribution in [0, 0.1) is 0 Å². The van der Waals surface area contributed by atoms with Gasteiger partial charge in [-0.05, 0) is 24.3 Å². The van der Waals surface area contributed by atoms with E-state index in [0.717, 1.165) is 26.4 Å². The zero-order chi connectivity index (χ0) is 18.9. The molecule has 2 nitrogen and oxygen atoms in total. The van der Waals surface area contributed by atoms with E-state index in [0.29, 0.717) is 24.3 Å². The molecular weight excluding hydrogens is 350 g/mol. The standard InChI is InChI=1S/C17H14F6O2/c1-24-13-7-3-5-11(9-13)15(18,19)17(22,23)16(20,21)12-6-4-8-14(10-12)25-2/h3-10H,1-2H3. The van der Waals surface area contributed by atoms with Gasteiger partial charge in [-0.15, -0.1) is 0 Å². The molecule has 0 unspecified atom stereocenters. The molecule has 136 valence electrons. The van der Waals surface area contributed by atoms with Crippen molar-refractivity contribution in [1.82, 2.24) is 0 Å². The highest BCUT2D eigenvalue weighted by atomic mass is 19.3. The molecule has 8 heteroatoms. The zero-order valence-electron chi connectivity index (χ0n) is 13.2. The largest absolute Gasteiger partial charge is 0.497 e. The summed E-state index contributed by atoms with van der Waals surface area (Å²) in [5.41, 5.74) is -2.56. The van der Waals surface area contributed by atoms with E-state index in [-0.39, 0.29) is 11.5 Å². The smallest absolute Gasteiger partial charge is 0.380 e. The summed E-state index contributed by atoms with van der Waals surface area (Å²) in [4.78, 5) is 0. The molecular formula is C17H14F6O2. The van der Waals surface area contributed by atoms with Gasteiger partial charge in [-0.1, -0.05) is 24.3 Å². The van der Waals surface area contributed by atoms with Crippen LogP contribution in [0.4, 0.5) is 26.3 Å². The Hall–Kier alpha value is -2.38. The molecule has 2 aromatic rings. The Kier molecular flexibility index (Phi) is 4.92. The van der Waals surface area contributed by atoms with Gasteiger partial charge in [0.15, 0.2) is 0 Å². The molecule has 2 rings (SSSR count). The molecule has 0 saturated carbocycles. The van der Waals surface area contributed by atoms with Crippen molar-refractivity contribution in [3.05, 3.63) is 59.7 Å². The maximum atomic E-state index is 14.3. The first-order valence-electron chi connectivity index (χ1n) is 7.00. The van der Waals surface area contributed by atoms with Crippen LogP contribution in [0.2, 0.25) is 0 Å². The van der Waals surface area contributed by atoms with E-state index in [1.165, 1.54) is 12.1 Å². The summed E-state index contributed by atoms with van der Waals surface area (Å²) >= 11 is 0. The van der Waals surface area contributed by atoms with Crippen molar-refractivity contribution < 1.29 is 35.8 Å². The molecule has 0 aliphatic rings. The third-order valence-corrected chi connectivity index (χ3v) is 3.65. The minimum absolute atomic E-state index is 0.155. The van der Waals surface area contributed by atoms with Crippen molar-refractivity contribution in [3.8, 4) is 11.5 Å². The topological polar surface area (TPSA) is 18.5 Å². The van der Waals surface area contributed by atoms with Crippen molar-refractivity contribution in [1.29, 1.82) is 0 Å². The maximum absolute atomic E-state index is 14.3. The second kappa shape index (κ2) is 6.50. The minimum Gasteiger partial charge on any atom is -0.497 e. The van der Waals surface area contributed by atoms with Crippen molar-refractivity contribution in [2.45, 2.75) is 17.8 Å². The van der Waals surface area contributed by atoms with Crippen LogP contribution in [0.3, 0.4) is 0 Å². The van der Waals surface area contributed by atoms with Crippen molar-refractivity contribution >= 4 is 0 Å². The summed E-state index contributed by atoms with van der Waals surface area (Å²) in [6, 6.07) is 6.96. The first kappa shape index (κ1) is 19.0. The second-order valence-corrected chi connectivity index (χ2v) is 5.19. The van der Waals surface area contributed by atoms with Gasteiger partial charge in [0.1, 0.15) is 11.5 Å². The number of benzene rings is 2. The van der Waals surface area contributed by atoms with Crippen LogP contribution < -0.4 is 9.47 Å². The summed E-state index contributed by atoms with van der Waals surface area (Å²) < 4.78 is 95.0. The first-order chi connectivity index (χ1) is 11.6. The third-order valence-electron chi connectivity index (χ3n) is 3.65. The van der Waals surface area contributed by atoms with E-state index in [4.69, 9.17) is 0 Å². The quantitative estimate of drug-likeness (QED) is 0.654. The summed E-state index contributed by atoms with van der Waals surface area (Å²) in [5, 5.41) is 0. The minimum atomic E-state index is -5.70. The van der Waals surface area contributed by atoms with Crippen LogP contribution in [0.15, 0.2) is 48.5 Å². The summed E-state index contributed by atoms with van der Waals surface area (Å²) in [6.07, 6.45) is 0. The summed E-state index contributed by atoms with van der Waals surface area (Å²) in [7, 11) is 2.28. The summed E-state index contributed by atoms with van der Waals surface area (Å²) in [5.74, 6) is -16.3. The van der Waals surface area contributed by atoms with Gasteiger partial charge in [-0.2, -0.15) is 26.3 Å². The molecule has 0 aliphatic carbocycles. The molecule has 0 atom stereocenters. The van der Waals surface area contributed by atoms with Gasteiger partial charge >= 0.3 is 17.8 Å². The predicted molar refractivity (Wildman–Crippen MR) is 78.7 cm³/mol. The molecule has 0 aliphatic heterocycles. The predicted octanol–water partition coefficient (Wildman–Crippen LogP) is 5.22. The maximum Gasteiger partial charge on any atom is 0.380 e. The molecule has 0 N–H and O–H groups in total. The van der Waals surface area contributed by atoms with Crippen LogP contribution in [0.5, 0.6) is 11.5 Å². The van der Waals surface area contributed by atoms with E-state index in [1.807, 2.05) is 0 Å². The fraction of sp³-hybridized carbons (Fsp3) is 0.294. The fourth-order valence-electron chi connectivity index (χ4n) is 2.20. The van der Waals surface area contributed by atoms with Crippen molar-refractivity contribution in [3.63, 3.8) is 0 Å². The fourth-order valence-corrected chi connectivity index (χ4v) is 2.20. The first-order valence-corrected chi connectivity index (χ1v) is 7.00. The van der Waals surface area contributed by atoms with Gasteiger partial charge in [0.2, 0.25) is 0 Å². The summed E-state index contributed by atoms with van der Waals surface area (Å²) in [6.45, 7) is 0. The van der Waals surface area contributed by atoms with Gasteiger partial charge in [-0.3, -0.25) is 0 Å². The van der Waals surface area contributed by atoms with Gasteiger partial charge in [0.05, 0.1) is 14.2 Å². The number of halogens is 6. The lowest BCUT2D eigenvalue weighted by molar-refractivity contribution is -0.321. The Bertz CT molecular complexity index is 684. The van der Waals surface area contributed by atoms with E-state index in [9.17, 15) is 26.3 Å². The Morgan fingerprint density at radius 2 is 1.00 bits per heavy atom. The Labute approximate surface area is 140 Å². The monoisotopic (exact) mass is 364 g/mol. The van der Waals surface area contributed by atoms with E-state index >= 15 is 0 Å². The molecule has 2 aromatic carbocycles. The molecule has 0 aromatic heterocycles. The number of ether oxygens (including phenoxy) is 2. The second-order valence-electron chi connectivity index (χ2n) is 5.19. The highest BCUT2D eigenvalue weighted by Crippen LogP contribution is 2.55. The Balaban J connectivity index is 2.52. The van der Waals surface area contributed by atoms with Crippen molar-refractivity contribution in [2.24, 2.45) is 0 Å². The van der Waals surface area contributed by atoms with E-state index < -0.39 is 28.9 Å². The number of methoxy groups -OCH3 is 2. The normalized spacial score (nSPS) is 12.8. The van der Waals surface area contributed by atoms with E-state index in [1.54, 1.807) is 0 Å². The third kappa shape index (κ3) is 3.12. The van der Waals surface area contributed by atoms with Gasteiger partial charge < -0.3 is 9.47 Å². The molecule has 0 saturated heterocycles. The highest BCUT2D eigenvalue weighted by Gasteiger charge is 2.72. The highest BCUT2D eigenvalue weighted by molar-refractivity contribution is 5.36. The number of hydrogen-bond acceptors (Lipinski definition) is 2. The number of rotatable bonds is 6. The number of alkyl halides is 6. The van der Waals surface area contributed by atoms with Crippen LogP contribution in [0.1, 0.15) is 11.1 Å². The van der Waals surface area contributed by atoms with Gasteiger partial charge in [-0.25, -0.2) is 0 Å². The lowest BCUT2D eigenvalue weighted by atomic mass is 9.92. The van der Waals surface area contributed by atoms with Crippen LogP contribution in [-0.4, -0.2) is 20.1 Å². The molecule has 0 heterocycles. The van der Waals surface area contributed by atoms with Gasteiger partial charge in [0, 0.05) is 11.1 Å². The molecule has 0 amide bonds. The average molecular weight is 364 g/mol. The molecule has 0 bridgehead atoms.